The van der Waals surface area contributed by atoms with Crippen molar-refractivity contribution in [1.29, 1.82) is 0 Å². The molecule has 23 heavy (non-hydrogen) atoms. The van der Waals surface area contributed by atoms with Crippen molar-refractivity contribution in [3.05, 3.63) is 29.6 Å². The summed E-state index contributed by atoms with van der Waals surface area (Å²) in [5.74, 6) is 0.117. The Kier molecular flexibility index (Phi) is 8.26. The van der Waals surface area contributed by atoms with E-state index in [9.17, 15) is 9.59 Å². The first-order valence-corrected chi connectivity index (χ1v) is 8.07. The van der Waals surface area contributed by atoms with E-state index in [1.54, 1.807) is 6.07 Å². The van der Waals surface area contributed by atoms with Crippen LogP contribution in [0.1, 0.15) is 47.5 Å². The molecule has 1 aromatic rings. The maximum atomic E-state index is 12.1. The Balaban J connectivity index is 2.51. The molecule has 128 valence electrons. The number of nitrogens with zero attached hydrogens (tertiary/aromatic N) is 2. The summed E-state index contributed by atoms with van der Waals surface area (Å²) in [6.07, 6.45) is 3.29. The summed E-state index contributed by atoms with van der Waals surface area (Å²) in [6.45, 7) is 6.34. The van der Waals surface area contributed by atoms with E-state index in [1.807, 2.05) is 14.1 Å². The SMILES string of the molecule is CC(C)CCNC(=O)c1ccnc(C(=O)NCCCN(C)C)c1. The van der Waals surface area contributed by atoms with Gasteiger partial charge >= 0.3 is 0 Å². The maximum absolute atomic E-state index is 12.1. The lowest BCUT2D eigenvalue weighted by Gasteiger charge is -2.10. The number of carbonyl (C=O) groups is 2. The van der Waals surface area contributed by atoms with Crippen LogP contribution in [-0.2, 0) is 0 Å². The van der Waals surface area contributed by atoms with Gasteiger partial charge in [0, 0.05) is 24.8 Å². The Bertz CT molecular complexity index is 515. The third-order valence-electron chi connectivity index (χ3n) is 3.33. The van der Waals surface area contributed by atoms with Crippen molar-refractivity contribution in [2.24, 2.45) is 5.92 Å². The van der Waals surface area contributed by atoms with Gasteiger partial charge in [-0.2, -0.15) is 0 Å². The molecule has 0 spiro atoms. The first kappa shape index (κ1) is 19.1. The number of amides is 2. The van der Waals surface area contributed by atoms with E-state index in [4.69, 9.17) is 0 Å². The average molecular weight is 320 g/mol. The lowest BCUT2D eigenvalue weighted by atomic mass is 10.1. The van der Waals surface area contributed by atoms with Crippen LogP contribution in [-0.4, -0.2) is 55.4 Å². The number of nitrogens with one attached hydrogen (secondary N) is 2. The molecule has 0 fully saturated rings. The summed E-state index contributed by atoms with van der Waals surface area (Å²) >= 11 is 0. The summed E-state index contributed by atoms with van der Waals surface area (Å²) in [7, 11) is 3.98. The van der Waals surface area contributed by atoms with Gasteiger partial charge in [0.05, 0.1) is 0 Å². The number of carbonyl (C=O) groups excluding carboxylic acids is 2. The highest BCUT2D eigenvalue weighted by Gasteiger charge is 2.11. The molecule has 1 aromatic heterocycles. The summed E-state index contributed by atoms with van der Waals surface area (Å²) in [5.41, 5.74) is 0.730. The second-order valence-electron chi connectivity index (χ2n) is 6.28. The van der Waals surface area contributed by atoms with E-state index in [2.05, 4.69) is 34.4 Å². The number of aromatic nitrogens is 1. The number of rotatable bonds is 9. The first-order chi connectivity index (χ1) is 10.9. The quantitative estimate of drug-likeness (QED) is 0.677. The standard InChI is InChI=1S/C17H28N4O2/c1-13(2)6-9-20-16(22)14-7-10-18-15(12-14)17(23)19-8-5-11-21(3)4/h7,10,12-13H,5-6,8-9,11H2,1-4H3,(H,19,23)(H,20,22). The molecule has 1 rings (SSSR count). The van der Waals surface area contributed by atoms with Gasteiger partial charge in [0.1, 0.15) is 5.69 Å². The zero-order valence-electron chi connectivity index (χ0n) is 14.6. The summed E-state index contributed by atoms with van der Waals surface area (Å²) < 4.78 is 0. The summed E-state index contributed by atoms with van der Waals surface area (Å²) in [4.78, 5) is 30.2. The fraction of sp³-hybridized carbons (Fsp3) is 0.588. The Morgan fingerprint density at radius 3 is 2.52 bits per heavy atom. The minimum atomic E-state index is -0.249. The third-order valence-corrected chi connectivity index (χ3v) is 3.33. The van der Waals surface area contributed by atoms with Crippen LogP contribution in [0.5, 0.6) is 0 Å². The molecule has 1 heterocycles. The molecule has 6 heteroatoms. The fourth-order valence-corrected chi connectivity index (χ4v) is 1.96. The average Bonchev–Trinajstić information content (AvgIpc) is 2.50. The van der Waals surface area contributed by atoms with Crippen LogP contribution in [0.15, 0.2) is 18.3 Å². The molecule has 0 unspecified atom stereocenters. The Morgan fingerprint density at radius 1 is 1.17 bits per heavy atom. The van der Waals surface area contributed by atoms with E-state index in [0.717, 1.165) is 19.4 Å². The third kappa shape index (κ3) is 7.74. The van der Waals surface area contributed by atoms with E-state index in [-0.39, 0.29) is 17.5 Å². The van der Waals surface area contributed by atoms with E-state index < -0.39 is 0 Å². The molecule has 0 aliphatic heterocycles. The lowest BCUT2D eigenvalue weighted by molar-refractivity contribution is 0.0947. The van der Waals surface area contributed by atoms with Crippen molar-refractivity contribution in [3.63, 3.8) is 0 Å². The van der Waals surface area contributed by atoms with Crippen molar-refractivity contribution >= 4 is 11.8 Å². The lowest BCUT2D eigenvalue weighted by Crippen LogP contribution is -2.29. The van der Waals surface area contributed by atoms with Crippen LogP contribution in [0.25, 0.3) is 0 Å². The van der Waals surface area contributed by atoms with Gasteiger partial charge in [-0.1, -0.05) is 13.8 Å². The highest BCUT2D eigenvalue weighted by atomic mass is 16.2. The van der Waals surface area contributed by atoms with E-state index in [1.165, 1.54) is 12.3 Å². The highest BCUT2D eigenvalue weighted by molar-refractivity contribution is 5.98. The molecule has 0 atom stereocenters. The van der Waals surface area contributed by atoms with Gasteiger partial charge in [-0.25, -0.2) is 0 Å². The Hall–Kier alpha value is -1.95. The van der Waals surface area contributed by atoms with Crippen molar-refractivity contribution in [2.45, 2.75) is 26.7 Å². The van der Waals surface area contributed by atoms with Crippen LogP contribution in [0.4, 0.5) is 0 Å². The molecule has 2 amide bonds. The van der Waals surface area contributed by atoms with Gasteiger partial charge in [0.25, 0.3) is 11.8 Å². The number of hydrogen-bond acceptors (Lipinski definition) is 4. The van der Waals surface area contributed by atoms with Gasteiger partial charge in [0.15, 0.2) is 0 Å². The van der Waals surface area contributed by atoms with Crippen molar-refractivity contribution < 1.29 is 9.59 Å². The number of hydrogen-bond donors (Lipinski definition) is 2. The monoisotopic (exact) mass is 320 g/mol. The van der Waals surface area contributed by atoms with E-state index >= 15 is 0 Å². The van der Waals surface area contributed by atoms with Gasteiger partial charge in [-0.05, 0) is 51.5 Å². The van der Waals surface area contributed by atoms with Gasteiger partial charge < -0.3 is 15.5 Å². The molecule has 0 saturated heterocycles. The molecule has 0 saturated carbocycles. The molecule has 2 N–H and O–H groups in total. The highest BCUT2D eigenvalue weighted by Crippen LogP contribution is 2.03. The molecular weight excluding hydrogens is 292 g/mol. The zero-order chi connectivity index (χ0) is 17.2. The van der Waals surface area contributed by atoms with Crippen LogP contribution in [0.3, 0.4) is 0 Å². The molecule has 0 aliphatic rings. The van der Waals surface area contributed by atoms with Crippen LogP contribution in [0.2, 0.25) is 0 Å². The fourth-order valence-electron chi connectivity index (χ4n) is 1.96. The predicted octanol–water partition coefficient (Wildman–Crippen LogP) is 1.54. The maximum Gasteiger partial charge on any atom is 0.269 e. The van der Waals surface area contributed by atoms with Crippen LogP contribution < -0.4 is 10.6 Å². The smallest absolute Gasteiger partial charge is 0.269 e. The molecule has 0 aliphatic carbocycles. The summed E-state index contributed by atoms with van der Waals surface area (Å²) in [5, 5.41) is 5.68. The molecular formula is C17H28N4O2. The molecule has 0 bridgehead atoms. The van der Waals surface area contributed by atoms with Gasteiger partial charge in [-0.15, -0.1) is 0 Å². The predicted molar refractivity (Wildman–Crippen MR) is 91.5 cm³/mol. The Morgan fingerprint density at radius 2 is 1.87 bits per heavy atom. The van der Waals surface area contributed by atoms with Gasteiger partial charge in [-0.3, -0.25) is 14.6 Å². The van der Waals surface area contributed by atoms with Crippen LogP contribution >= 0.6 is 0 Å². The normalized spacial score (nSPS) is 10.9. The van der Waals surface area contributed by atoms with Crippen molar-refractivity contribution in [3.8, 4) is 0 Å². The molecule has 0 radical (unpaired) electrons. The zero-order valence-corrected chi connectivity index (χ0v) is 14.6. The largest absolute Gasteiger partial charge is 0.352 e. The minimum absolute atomic E-state index is 0.172. The minimum Gasteiger partial charge on any atom is -0.352 e. The second-order valence-corrected chi connectivity index (χ2v) is 6.28. The van der Waals surface area contributed by atoms with E-state index in [0.29, 0.717) is 24.6 Å². The van der Waals surface area contributed by atoms with Crippen molar-refractivity contribution in [2.75, 3.05) is 33.7 Å². The molecule has 6 nitrogen and oxygen atoms in total. The van der Waals surface area contributed by atoms with Crippen molar-refractivity contribution in [1.82, 2.24) is 20.5 Å². The number of pyridine rings is 1. The second kappa shape index (κ2) is 9.94. The van der Waals surface area contributed by atoms with Crippen LogP contribution in [0, 0.1) is 5.92 Å². The molecule has 0 aromatic carbocycles. The Labute approximate surface area is 138 Å². The summed E-state index contributed by atoms with van der Waals surface area (Å²) in [6, 6.07) is 3.15. The topological polar surface area (TPSA) is 74.3 Å². The first-order valence-electron chi connectivity index (χ1n) is 8.07. The van der Waals surface area contributed by atoms with Gasteiger partial charge in [0.2, 0.25) is 0 Å².